The number of hydrogen-bond donors (Lipinski definition) is 0. The monoisotopic (exact) mass is 252 g/mol. The number of hydrogen-bond acceptors (Lipinski definition) is 2. The molecule has 0 unspecified atom stereocenters. The molecule has 2 nitrogen and oxygen atoms in total. The number of ether oxygens (including phenoxy) is 1. The largest absolute Gasteiger partial charge is 0.497 e. The standard InChI is InChI=1S/C15H21FO2/c1-3-4-5-6-7-8-15(17)13-10-9-12(18-2)11-14(13)16/h9-11H,3-8H2,1-2H3. The molecule has 18 heavy (non-hydrogen) atoms. The van der Waals surface area contributed by atoms with Gasteiger partial charge in [-0.2, -0.15) is 0 Å². The van der Waals surface area contributed by atoms with E-state index in [0.29, 0.717) is 12.2 Å². The van der Waals surface area contributed by atoms with Crippen molar-refractivity contribution in [2.24, 2.45) is 0 Å². The normalized spacial score (nSPS) is 10.4. The molecule has 0 bridgehead atoms. The molecule has 0 N–H and O–H groups in total. The highest BCUT2D eigenvalue weighted by Gasteiger charge is 2.11. The topological polar surface area (TPSA) is 26.3 Å². The summed E-state index contributed by atoms with van der Waals surface area (Å²) in [6, 6.07) is 4.38. The number of benzene rings is 1. The Balaban J connectivity index is 2.46. The Morgan fingerprint density at radius 1 is 1.22 bits per heavy atom. The molecule has 100 valence electrons. The SMILES string of the molecule is CCCCCCCC(=O)c1ccc(OC)cc1F. The van der Waals surface area contributed by atoms with Gasteiger partial charge >= 0.3 is 0 Å². The van der Waals surface area contributed by atoms with Gasteiger partial charge in [0.25, 0.3) is 0 Å². The zero-order valence-electron chi connectivity index (χ0n) is 11.2. The fraction of sp³-hybridized carbons (Fsp3) is 0.533. The van der Waals surface area contributed by atoms with Crippen LogP contribution in [0.3, 0.4) is 0 Å². The number of rotatable bonds is 8. The summed E-state index contributed by atoms with van der Waals surface area (Å²) >= 11 is 0. The van der Waals surface area contributed by atoms with Crippen LogP contribution in [0.25, 0.3) is 0 Å². The molecule has 3 heteroatoms. The van der Waals surface area contributed by atoms with Crippen LogP contribution in [0.4, 0.5) is 4.39 Å². The smallest absolute Gasteiger partial charge is 0.165 e. The Bertz CT molecular complexity index is 388. The van der Waals surface area contributed by atoms with Gasteiger partial charge in [0.05, 0.1) is 12.7 Å². The lowest BCUT2D eigenvalue weighted by atomic mass is 10.0. The maximum atomic E-state index is 13.6. The molecule has 0 aliphatic heterocycles. The van der Waals surface area contributed by atoms with Gasteiger partial charge in [-0.25, -0.2) is 4.39 Å². The Kier molecular flexibility index (Phi) is 6.40. The zero-order chi connectivity index (χ0) is 13.4. The number of Topliss-reactive ketones (excluding diaryl/α,β-unsaturated/α-hetero) is 1. The van der Waals surface area contributed by atoms with E-state index in [-0.39, 0.29) is 11.3 Å². The number of ketones is 1. The highest BCUT2D eigenvalue weighted by atomic mass is 19.1. The van der Waals surface area contributed by atoms with Gasteiger partial charge in [0.1, 0.15) is 11.6 Å². The second-order valence-electron chi connectivity index (χ2n) is 4.43. The molecule has 0 radical (unpaired) electrons. The van der Waals surface area contributed by atoms with E-state index in [1.807, 2.05) is 0 Å². The lowest BCUT2D eigenvalue weighted by molar-refractivity contribution is 0.0975. The minimum atomic E-state index is -0.493. The van der Waals surface area contributed by atoms with Crippen LogP contribution in [0.15, 0.2) is 18.2 Å². The first-order valence-corrected chi connectivity index (χ1v) is 6.55. The molecule has 0 aliphatic carbocycles. The average molecular weight is 252 g/mol. The predicted molar refractivity (Wildman–Crippen MR) is 70.7 cm³/mol. The number of methoxy groups -OCH3 is 1. The molecule has 1 rings (SSSR count). The fourth-order valence-electron chi connectivity index (χ4n) is 1.87. The summed E-state index contributed by atoms with van der Waals surface area (Å²) < 4.78 is 18.5. The lowest BCUT2D eigenvalue weighted by Gasteiger charge is -2.05. The molecule has 0 aliphatic rings. The maximum Gasteiger partial charge on any atom is 0.165 e. The van der Waals surface area contributed by atoms with Crippen molar-refractivity contribution in [2.75, 3.05) is 7.11 Å². The first-order valence-electron chi connectivity index (χ1n) is 6.55. The van der Waals surface area contributed by atoms with Crippen LogP contribution in [0.1, 0.15) is 55.8 Å². The van der Waals surface area contributed by atoms with Crippen molar-refractivity contribution in [1.29, 1.82) is 0 Å². The number of unbranched alkanes of at least 4 members (excludes halogenated alkanes) is 4. The van der Waals surface area contributed by atoms with Crippen LogP contribution in [-0.2, 0) is 0 Å². The summed E-state index contributed by atoms with van der Waals surface area (Å²) in [6.45, 7) is 2.15. The minimum Gasteiger partial charge on any atom is -0.497 e. The van der Waals surface area contributed by atoms with Crippen LogP contribution < -0.4 is 4.74 Å². The van der Waals surface area contributed by atoms with Gasteiger partial charge in [-0.1, -0.05) is 32.6 Å². The van der Waals surface area contributed by atoms with Crippen molar-refractivity contribution < 1.29 is 13.9 Å². The molecule has 0 amide bonds. The average Bonchev–Trinajstić information content (AvgIpc) is 2.38. The molecule has 1 aromatic rings. The van der Waals surface area contributed by atoms with Gasteiger partial charge < -0.3 is 4.74 Å². The molecule has 1 aromatic carbocycles. The van der Waals surface area contributed by atoms with Gasteiger partial charge in [0, 0.05) is 12.5 Å². The van der Waals surface area contributed by atoms with E-state index in [1.54, 1.807) is 6.07 Å². The number of carbonyl (C=O) groups is 1. The van der Waals surface area contributed by atoms with Gasteiger partial charge in [0.15, 0.2) is 5.78 Å². The van der Waals surface area contributed by atoms with Gasteiger partial charge in [0.2, 0.25) is 0 Å². The van der Waals surface area contributed by atoms with Gasteiger partial charge in [-0.15, -0.1) is 0 Å². The summed E-state index contributed by atoms with van der Waals surface area (Å²) in [5.41, 5.74) is 0.172. The van der Waals surface area contributed by atoms with Crippen LogP contribution in [0.5, 0.6) is 5.75 Å². The molecule has 0 saturated heterocycles. The van der Waals surface area contributed by atoms with E-state index in [0.717, 1.165) is 19.3 Å². The maximum absolute atomic E-state index is 13.6. The summed E-state index contributed by atoms with van der Waals surface area (Å²) in [7, 11) is 1.48. The summed E-state index contributed by atoms with van der Waals surface area (Å²) in [5, 5.41) is 0. The summed E-state index contributed by atoms with van der Waals surface area (Å²) in [5.74, 6) is -0.174. The van der Waals surface area contributed by atoms with Gasteiger partial charge in [-0.05, 0) is 18.6 Å². The van der Waals surface area contributed by atoms with Crippen molar-refractivity contribution in [3.05, 3.63) is 29.6 Å². The van der Waals surface area contributed by atoms with Crippen LogP contribution in [-0.4, -0.2) is 12.9 Å². The third kappa shape index (κ3) is 4.47. The molecule has 0 spiro atoms. The van der Waals surface area contributed by atoms with Crippen molar-refractivity contribution in [2.45, 2.75) is 45.4 Å². The fourth-order valence-corrected chi connectivity index (χ4v) is 1.87. The number of carbonyl (C=O) groups excluding carboxylic acids is 1. The van der Waals surface area contributed by atoms with Crippen molar-refractivity contribution in [3.63, 3.8) is 0 Å². The molecule has 0 fully saturated rings. The molecule has 0 heterocycles. The summed E-state index contributed by atoms with van der Waals surface area (Å²) in [6.07, 6.45) is 5.83. The van der Waals surface area contributed by atoms with Crippen molar-refractivity contribution >= 4 is 5.78 Å². The highest BCUT2D eigenvalue weighted by Crippen LogP contribution is 2.18. The van der Waals surface area contributed by atoms with E-state index in [1.165, 1.54) is 32.1 Å². The Morgan fingerprint density at radius 2 is 1.94 bits per heavy atom. The van der Waals surface area contributed by atoms with Crippen molar-refractivity contribution in [1.82, 2.24) is 0 Å². The molecular weight excluding hydrogens is 231 g/mol. The van der Waals surface area contributed by atoms with Crippen LogP contribution >= 0.6 is 0 Å². The lowest BCUT2D eigenvalue weighted by Crippen LogP contribution is -2.02. The highest BCUT2D eigenvalue weighted by molar-refractivity contribution is 5.96. The second-order valence-corrected chi connectivity index (χ2v) is 4.43. The predicted octanol–water partition coefficient (Wildman–Crippen LogP) is 4.38. The van der Waals surface area contributed by atoms with E-state index in [9.17, 15) is 9.18 Å². The van der Waals surface area contributed by atoms with Gasteiger partial charge in [-0.3, -0.25) is 4.79 Å². The first kappa shape index (κ1) is 14.7. The number of halogens is 1. The summed E-state index contributed by atoms with van der Waals surface area (Å²) in [4.78, 5) is 11.8. The quantitative estimate of drug-likeness (QED) is 0.507. The third-order valence-electron chi connectivity index (χ3n) is 2.98. The molecule has 0 atom stereocenters. The molecule has 0 saturated carbocycles. The Labute approximate surface area is 108 Å². The Morgan fingerprint density at radius 3 is 2.56 bits per heavy atom. The van der Waals surface area contributed by atoms with E-state index < -0.39 is 5.82 Å². The second kappa shape index (κ2) is 7.85. The minimum absolute atomic E-state index is 0.119. The van der Waals surface area contributed by atoms with Crippen LogP contribution in [0.2, 0.25) is 0 Å². The first-order chi connectivity index (χ1) is 8.69. The van der Waals surface area contributed by atoms with Crippen molar-refractivity contribution in [3.8, 4) is 5.75 Å². The van der Waals surface area contributed by atoms with E-state index in [4.69, 9.17) is 4.74 Å². The van der Waals surface area contributed by atoms with Crippen LogP contribution in [0, 0.1) is 5.82 Å². The molecule has 0 aromatic heterocycles. The molecular formula is C15H21FO2. The third-order valence-corrected chi connectivity index (χ3v) is 2.98. The van der Waals surface area contributed by atoms with E-state index >= 15 is 0 Å². The van der Waals surface area contributed by atoms with E-state index in [2.05, 4.69) is 6.92 Å². The Hall–Kier alpha value is -1.38. The zero-order valence-corrected chi connectivity index (χ0v) is 11.2.